The Bertz CT molecular complexity index is 393. The monoisotopic (exact) mass is 168 g/mol. The van der Waals surface area contributed by atoms with E-state index in [4.69, 9.17) is 0 Å². The van der Waals surface area contributed by atoms with Gasteiger partial charge in [-0.25, -0.2) is 0 Å². The number of hydrogen-bond acceptors (Lipinski definition) is 1. The van der Waals surface area contributed by atoms with Gasteiger partial charge in [-0.15, -0.1) is 0 Å². The molecule has 0 aliphatic heterocycles. The molecule has 1 heterocycles. The third-order valence-electron chi connectivity index (χ3n) is 1.97. The van der Waals surface area contributed by atoms with Crippen LogP contribution in [-0.2, 0) is 0 Å². The van der Waals surface area contributed by atoms with Crippen LogP contribution in [0, 0.1) is 13.1 Å². The molecule has 0 fully saturated rings. The average molecular weight is 168 g/mol. The fourth-order valence-corrected chi connectivity index (χ4v) is 1.32. The van der Waals surface area contributed by atoms with E-state index in [0.717, 1.165) is 5.56 Å². The number of rotatable bonds is 1. The molecule has 13 heavy (non-hydrogen) atoms. The summed E-state index contributed by atoms with van der Waals surface area (Å²) in [5.74, 6) is 0. The normalized spacial score (nSPS) is 9.92. The molecule has 0 saturated heterocycles. The fourth-order valence-electron chi connectivity index (χ4n) is 1.32. The summed E-state index contributed by atoms with van der Waals surface area (Å²) in [5.41, 5.74) is 3.62. The van der Waals surface area contributed by atoms with Gasteiger partial charge in [-0.05, 0) is 18.6 Å². The zero-order valence-corrected chi connectivity index (χ0v) is 7.49. The van der Waals surface area contributed by atoms with Crippen LogP contribution in [0.4, 0.5) is 0 Å². The summed E-state index contributed by atoms with van der Waals surface area (Å²) in [6.07, 6.45) is 4.60. The van der Waals surface area contributed by atoms with E-state index in [1.807, 2.05) is 18.3 Å². The highest BCUT2D eigenvalue weighted by molar-refractivity contribution is 5.62. The summed E-state index contributed by atoms with van der Waals surface area (Å²) in [7, 11) is 0. The number of pyridine rings is 1. The first kappa shape index (κ1) is 7.99. The van der Waals surface area contributed by atoms with Crippen LogP contribution < -0.4 is 0 Å². The highest BCUT2D eigenvalue weighted by Crippen LogP contribution is 2.18. The van der Waals surface area contributed by atoms with Gasteiger partial charge in [0.1, 0.15) is 0 Å². The Balaban J connectivity index is 2.48. The summed E-state index contributed by atoms with van der Waals surface area (Å²) in [6.45, 7) is 2.09. The minimum atomic E-state index is 1.14. The van der Waals surface area contributed by atoms with Crippen LogP contribution in [0.25, 0.3) is 11.1 Å². The molecule has 0 aliphatic rings. The molecule has 1 heteroatoms. The topological polar surface area (TPSA) is 12.9 Å². The van der Waals surface area contributed by atoms with Gasteiger partial charge in [0.15, 0.2) is 0 Å². The van der Waals surface area contributed by atoms with E-state index < -0.39 is 0 Å². The van der Waals surface area contributed by atoms with Gasteiger partial charge in [-0.2, -0.15) is 0 Å². The first-order valence-corrected chi connectivity index (χ1v) is 4.25. The highest BCUT2D eigenvalue weighted by atomic mass is 14.6. The fraction of sp³-hybridized carbons (Fsp3) is 0.0833. The van der Waals surface area contributed by atoms with E-state index in [9.17, 15) is 0 Å². The second-order valence-corrected chi connectivity index (χ2v) is 3.05. The zero-order valence-electron chi connectivity index (χ0n) is 7.49. The molecule has 0 atom stereocenters. The Kier molecular flexibility index (Phi) is 2.09. The molecular formula is C12H10N. The summed E-state index contributed by atoms with van der Waals surface area (Å²) >= 11 is 0. The van der Waals surface area contributed by atoms with Crippen molar-refractivity contribution < 1.29 is 0 Å². The van der Waals surface area contributed by atoms with Crippen LogP contribution in [0.3, 0.4) is 0 Å². The summed E-state index contributed by atoms with van der Waals surface area (Å²) in [5, 5.41) is 0. The predicted octanol–water partition coefficient (Wildman–Crippen LogP) is 2.86. The van der Waals surface area contributed by atoms with Gasteiger partial charge in [0, 0.05) is 11.8 Å². The maximum atomic E-state index is 3.97. The zero-order chi connectivity index (χ0) is 9.10. The Labute approximate surface area is 78.1 Å². The van der Waals surface area contributed by atoms with Crippen LogP contribution in [0.2, 0.25) is 0 Å². The molecule has 1 aromatic heterocycles. The number of benzene rings is 1. The van der Waals surface area contributed by atoms with Crippen molar-refractivity contribution in [3.05, 3.63) is 54.4 Å². The predicted molar refractivity (Wildman–Crippen MR) is 53.2 cm³/mol. The third-order valence-corrected chi connectivity index (χ3v) is 1.97. The molecule has 1 nitrogen and oxygen atoms in total. The first-order valence-electron chi connectivity index (χ1n) is 4.25. The third kappa shape index (κ3) is 1.75. The second kappa shape index (κ2) is 3.40. The van der Waals surface area contributed by atoms with E-state index in [-0.39, 0.29) is 0 Å². The van der Waals surface area contributed by atoms with E-state index in [2.05, 4.69) is 42.4 Å². The first-order chi connectivity index (χ1) is 6.36. The van der Waals surface area contributed by atoms with Gasteiger partial charge in [0.2, 0.25) is 0 Å². The van der Waals surface area contributed by atoms with Gasteiger partial charge < -0.3 is 0 Å². The highest BCUT2D eigenvalue weighted by Gasteiger charge is 1.95. The maximum absolute atomic E-state index is 3.97. The molecule has 0 amide bonds. The van der Waals surface area contributed by atoms with Gasteiger partial charge in [0.25, 0.3) is 0 Å². The average Bonchev–Trinajstić information content (AvgIpc) is 2.19. The quantitative estimate of drug-likeness (QED) is 0.638. The molecule has 0 bridgehead atoms. The van der Waals surface area contributed by atoms with Crippen LogP contribution in [0.1, 0.15) is 5.56 Å². The number of aromatic nitrogens is 1. The molecule has 1 aromatic carbocycles. The Morgan fingerprint density at radius 2 is 2.08 bits per heavy atom. The molecule has 1 radical (unpaired) electrons. The van der Waals surface area contributed by atoms with Gasteiger partial charge in [-0.1, -0.05) is 35.9 Å². The minimum Gasteiger partial charge on any atom is -0.254 e. The van der Waals surface area contributed by atoms with Crippen LogP contribution in [0.5, 0.6) is 0 Å². The maximum Gasteiger partial charge on any atom is 0.0886 e. The largest absolute Gasteiger partial charge is 0.254 e. The lowest BCUT2D eigenvalue weighted by Gasteiger charge is -2.00. The molecule has 0 aliphatic carbocycles. The van der Waals surface area contributed by atoms with Crippen molar-refractivity contribution in [2.75, 3.05) is 0 Å². The molecule has 0 spiro atoms. The van der Waals surface area contributed by atoms with Gasteiger partial charge in [0.05, 0.1) is 6.20 Å². The van der Waals surface area contributed by atoms with Crippen molar-refractivity contribution in [2.24, 2.45) is 0 Å². The minimum absolute atomic E-state index is 1.14. The lowest BCUT2D eigenvalue weighted by atomic mass is 10.1. The van der Waals surface area contributed by atoms with E-state index >= 15 is 0 Å². The van der Waals surface area contributed by atoms with Crippen molar-refractivity contribution in [1.82, 2.24) is 4.98 Å². The molecule has 0 saturated carbocycles. The van der Waals surface area contributed by atoms with E-state index in [1.54, 1.807) is 0 Å². The lowest BCUT2D eigenvalue weighted by Crippen LogP contribution is -1.79. The molecule has 63 valence electrons. The second-order valence-electron chi connectivity index (χ2n) is 3.05. The van der Waals surface area contributed by atoms with Crippen molar-refractivity contribution >= 4 is 0 Å². The van der Waals surface area contributed by atoms with Gasteiger partial charge in [-0.3, -0.25) is 4.98 Å². The Morgan fingerprint density at radius 1 is 1.15 bits per heavy atom. The van der Waals surface area contributed by atoms with E-state index in [0.29, 0.717) is 0 Å². The Morgan fingerprint density at radius 3 is 2.77 bits per heavy atom. The van der Waals surface area contributed by atoms with Crippen LogP contribution in [-0.4, -0.2) is 4.98 Å². The summed E-state index contributed by atoms with van der Waals surface area (Å²) < 4.78 is 0. The van der Waals surface area contributed by atoms with Crippen LogP contribution in [0.15, 0.2) is 42.6 Å². The standard InChI is InChI=1S/C12H10N/c1-10-4-2-5-11(8-10)12-6-3-7-13-9-12/h2-6,8-9H,1H3. The molecule has 0 unspecified atom stereocenters. The Hall–Kier alpha value is -1.63. The lowest BCUT2D eigenvalue weighted by molar-refractivity contribution is 1.31. The molecular weight excluding hydrogens is 158 g/mol. The summed E-state index contributed by atoms with van der Waals surface area (Å²) in [4.78, 5) is 3.97. The van der Waals surface area contributed by atoms with Crippen molar-refractivity contribution in [1.29, 1.82) is 0 Å². The van der Waals surface area contributed by atoms with E-state index in [1.165, 1.54) is 11.1 Å². The van der Waals surface area contributed by atoms with Gasteiger partial charge >= 0.3 is 0 Å². The van der Waals surface area contributed by atoms with Crippen molar-refractivity contribution in [2.45, 2.75) is 6.92 Å². The number of aryl methyl sites for hydroxylation is 1. The molecule has 0 N–H and O–H groups in total. The molecule has 2 aromatic rings. The number of nitrogens with zero attached hydrogens (tertiary/aromatic N) is 1. The van der Waals surface area contributed by atoms with Crippen LogP contribution >= 0.6 is 0 Å². The van der Waals surface area contributed by atoms with Crippen molar-refractivity contribution in [3.8, 4) is 11.1 Å². The van der Waals surface area contributed by atoms with Crippen molar-refractivity contribution in [3.63, 3.8) is 0 Å². The summed E-state index contributed by atoms with van der Waals surface area (Å²) in [6, 6.07) is 12.2. The number of hydrogen-bond donors (Lipinski definition) is 0. The SMILES string of the molecule is Cc1cccc(-c2cc[c]nc2)c1. The smallest absolute Gasteiger partial charge is 0.0886 e. The molecule has 2 rings (SSSR count).